The van der Waals surface area contributed by atoms with Crippen molar-refractivity contribution in [2.45, 2.75) is 19.0 Å². The predicted octanol–water partition coefficient (Wildman–Crippen LogP) is 2.34. The zero-order valence-corrected chi connectivity index (χ0v) is 13.9. The lowest BCUT2D eigenvalue weighted by Crippen LogP contribution is -2.21. The van der Waals surface area contributed by atoms with Gasteiger partial charge in [-0.3, -0.25) is 0 Å². The summed E-state index contributed by atoms with van der Waals surface area (Å²) in [6.45, 7) is 0.515. The van der Waals surface area contributed by atoms with E-state index in [2.05, 4.69) is 20.6 Å². The van der Waals surface area contributed by atoms with Gasteiger partial charge in [0.15, 0.2) is 9.84 Å². The highest BCUT2D eigenvalue weighted by molar-refractivity contribution is 7.91. The molecular weight excluding hydrogens is 336 g/mol. The molecule has 0 aliphatic carbocycles. The lowest BCUT2D eigenvalue weighted by molar-refractivity contribution is 0.602. The van der Waals surface area contributed by atoms with Gasteiger partial charge in [-0.2, -0.15) is 4.98 Å². The summed E-state index contributed by atoms with van der Waals surface area (Å²) >= 11 is 6.11. The molecule has 8 heteroatoms. The number of sulfone groups is 1. The average Bonchev–Trinajstić information content (AvgIpc) is 2.86. The van der Waals surface area contributed by atoms with E-state index in [1.807, 2.05) is 24.3 Å². The van der Waals surface area contributed by atoms with E-state index >= 15 is 0 Å². The Morgan fingerprint density at radius 3 is 2.83 bits per heavy atom. The molecule has 0 radical (unpaired) electrons. The lowest BCUT2D eigenvalue weighted by Gasteiger charge is -2.12. The van der Waals surface area contributed by atoms with Gasteiger partial charge in [-0.05, 0) is 24.1 Å². The van der Waals surface area contributed by atoms with E-state index in [4.69, 9.17) is 11.6 Å². The number of anilines is 2. The number of aromatic nitrogens is 2. The fourth-order valence-electron chi connectivity index (χ4n) is 2.46. The van der Waals surface area contributed by atoms with Gasteiger partial charge in [0.2, 0.25) is 5.95 Å². The van der Waals surface area contributed by atoms with Gasteiger partial charge < -0.3 is 10.6 Å². The summed E-state index contributed by atoms with van der Waals surface area (Å²) in [7, 11) is -2.91. The molecule has 1 atom stereocenters. The van der Waals surface area contributed by atoms with Gasteiger partial charge in [0, 0.05) is 23.8 Å². The molecule has 1 aliphatic heterocycles. The third-order valence-electron chi connectivity index (χ3n) is 3.63. The molecule has 0 amide bonds. The predicted molar refractivity (Wildman–Crippen MR) is 91.5 cm³/mol. The lowest BCUT2D eigenvalue weighted by atomic mass is 10.2. The first-order valence-corrected chi connectivity index (χ1v) is 9.49. The second kappa shape index (κ2) is 6.72. The number of nitrogens with one attached hydrogen (secondary N) is 2. The Labute approximate surface area is 140 Å². The van der Waals surface area contributed by atoms with E-state index in [0.29, 0.717) is 29.8 Å². The number of rotatable bonds is 5. The van der Waals surface area contributed by atoms with E-state index in [9.17, 15) is 8.42 Å². The Hall–Kier alpha value is -1.86. The first-order chi connectivity index (χ1) is 11.0. The molecule has 23 heavy (non-hydrogen) atoms. The van der Waals surface area contributed by atoms with Gasteiger partial charge in [0.1, 0.15) is 5.82 Å². The summed E-state index contributed by atoms with van der Waals surface area (Å²) in [4.78, 5) is 8.52. The number of halogens is 1. The summed E-state index contributed by atoms with van der Waals surface area (Å²) < 4.78 is 23.0. The maximum atomic E-state index is 11.5. The van der Waals surface area contributed by atoms with Crippen LogP contribution in [-0.4, -0.2) is 35.9 Å². The minimum absolute atomic E-state index is 0.0914. The van der Waals surface area contributed by atoms with Crippen molar-refractivity contribution < 1.29 is 8.42 Å². The van der Waals surface area contributed by atoms with Gasteiger partial charge in [0.05, 0.1) is 11.5 Å². The van der Waals surface area contributed by atoms with Crippen molar-refractivity contribution in [2.75, 3.05) is 22.1 Å². The van der Waals surface area contributed by atoms with Crippen LogP contribution >= 0.6 is 11.6 Å². The quantitative estimate of drug-likeness (QED) is 0.859. The monoisotopic (exact) mass is 352 g/mol. The van der Waals surface area contributed by atoms with Crippen LogP contribution in [0.4, 0.5) is 11.8 Å². The third-order valence-corrected chi connectivity index (χ3v) is 5.77. The number of hydrogen-bond acceptors (Lipinski definition) is 6. The molecule has 0 spiro atoms. The van der Waals surface area contributed by atoms with E-state index < -0.39 is 9.84 Å². The molecule has 1 aliphatic rings. The van der Waals surface area contributed by atoms with Crippen LogP contribution in [0.2, 0.25) is 5.02 Å². The van der Waals surface area contributed by atoms with Crippen molar-refractivity contribution in [2.24, 2.45) is 0 Å². The second-order valence-corrected chi connectivity index (χ2v) is 8.09. The molecule has 2 N–H and O–H groups in total. The minimum atomic E-state index is -2.91. The molecule has 1 fully saturated rings. The SMILES string of the molecule is O=S1(=O)CCC(Nc2ccnc(NCc3ccccc3Cl)n2)C1. The first-order valence-electron chi connectivity index (χ1n) is 7.29. The maximum absolute atomic E-state index is 11.5. The highest BCUT2D eigenvalue weighted by Gasteiger charge is 2.27. The van der Waals surface area contributed by atoms with Gasteiger partial charge in [-0.25, -0.2) is 13.4 Å². The van der Waals surface area contributed by atoms with E-state index in [1.54, 1.807) is 12.3 Å². The molecule has 0 saturated carbocycles. The molecule has 2 aromatic rings. The van der Waals surface area contributed by atoms with E-state index in [-0.39, 0.29) is 17.5 Å². The smallest absolute Gasteiger partial charge is 0.224 e. The Morgan fingerprint density at radius 2 is 2.09 bits per heavy atom. The summed E-state index contributed by atoms with van der Waals surface area (Å²) in [5, 5.41) is 6.95. The van der Waals surface area contributed by atoms with E-state index in [0.717, 1.165) is 5.56 Å². The molecule has 6 nitrogen and oxygen atoms in total. The highest BCUT2D eigenvalue weighted by atomic mass is 35.5. The van der Waals surface area contributed by atoms with Crippen LogP contribution in [-0.2, 0) is 16.4 Å². The van der Waals surface area contributed by atoms with Crippen molar-refractivity contribution in [1.29, 1.82) is 0 Å². The van der Waals surface area contributed by atoms with Crippen LogP contribution in [0.15, 0.2) is 36.5 Å². The van der Waals surface area contributed by atoms with Crippen LogP contribution in [0.3, 0.4) is 0 Å². The molecule has 3 rings (SSSR count). The molecular formula is C15H17ClN4O2S. The summed E-state index contributed by atoms with van der Waals surface area (Å²) in [6.07, 6.45) is 2.24. The third kappa shape index (κ3) is 4.33. The average molecular weight is 353 g/mol. The number of benzene rings is 1. The maximum Gasteiger partial charge on any atom is 0.224 e. The zero-order valence-electron chi connectivity index (χ0n) is 12.4. The van der Waals surface area contributed by atoms with Crippen molar-refractivity contribution in [3.05, 3.63) is 47.1 Å². The highest BCUT2D eigenvalue weighted by Crippen LogP contribution is 2.18. The Bertz CT molecular complexity index is 798. The number of nitrogens with zero attached hydrogens (tertiary/aromatic N) is 2. The van der Waals surface area contributed by atoms with Crippen LogP contribution in [0.5, 0.6) is 0 Å². The zero-order chi connectivity index (χ0) is 16.3. The first kappa shape index (κ1) is 16.0. The van der Waals surface area contributed by atoms with Crippen molar-refractivity contribution in [3.63, 3.8) is 0 Å². The molecule has 0 bridgehead atoms. The normalized spacial score (nSPS) is 19.4. The van der Waals surface area contributed by atoms with E-state index in [1.165, 1.54) is 0 Å². The van der Waals surface area contributed by atoms with Crippen molar-refractivity contribution >= 4 is 33.2 Å². The van der Waals surface area contributed by atoms with Gasteiger partial charge >= 0.3 is 0 Å². The topological polar surface area (TPSA) is 84.0 Å². The molecule has 1 unspecified atom stereocenters. The molecule has 122 valence electrons. The fourth-order valence-corrected chi connectivity index (χ4v) is 4.33. The van der Waals surface area contributed by atoms with Gasteiger partial charge in [0.25, 0.3) is 0 Å². The molecule has 2 heterocycles. The molecule has 1 aromatic carbocycles. The summed E-state index contributed by atoms with van der Waals surface area (Å²) in [6, 6.07) is 9.20. The summed E-state index contributed by atoms with van der Waals surface area (Å²) in [5.41, 5.74) is 0.956. The minimum Gasteiger partial charge on any atom is -0.366 e. The Balaban J connectivity index is 1.62. The Kier molecular flexibility index (Phi) is 4.68. The second-order valence-electron chi connectivity index (χ2n) is 5.45. The van der Waals surface area contributed by atoms with Crippen LogP contribution in [0.1, 0.15) is 12.0 Å². The van der Waals surface area contributed by atoms with Crippen LogP contribution in [0, 0.1) is 0 Å². The van der Waals surface area contributed by atoms with Gasteiger partial charge in [-0.15, -0.1) is 0 Å². The number of hydrogen-bond donors (Lipinski definition) is 2. The van der Waals surface area contributed by atoms with Crippen molar-refractivity contribution in [1.82, 2.24) is 9.97 Å². The molecule has 1 saturated heterocycles. The van der Waals surface area contributed by atoms with Crippen LogP contribution < -0.4 is 10.6 Å². The fraction of sp³-hybridized carbons (Fsp3) is 0.333. The summed E-state index contributed by atoms with van der Waals surface area (Å²) in [5.74, 6) is 1.46. The largest absolute Gasteiger partial charge is 0.366 e. The van der Waals surface area contributed by atoms with Crippen LogP contribution in [0.25, 0.3) is 0 Å². The standard InChI is InChI=1S/C15H17ClN4O2S/c16-13-4-2-1-3-11(13)9-18-15-17-7-5-14(20-15)19-12-6-8-23(21,22)10-12/h1-5,7,12H,6,8-10H2,(H2,17,18,19,20). The van der Waals surface area contributed by atoms with Crippen molar-refractivity contribution in [3.8, 4) is 0 Å². The molecule has 1 aromatic heterocycles. The Morgan fingerprint density at radius 1 is 1.26 bits per heavy atom. The van der Waals surface area contributed by atoms with Gasteiger partial charge in [-0.1, -0.05) is 29.8 Å².